The van der Waals surface area contributed by atoms with Crippen molar-refractivity contribution in [3.05, 3.63) is 23.3 Å². The van der Waals surface area contributed by atoms with Gasteiger partial charge in [-0.1, -0.05) is 56.8 Å². The van der Waals surface area contributed by atoms with Gasteiger partial charge in [-0.15, -0.1) is 0 Å². The number of hydrogen-bond donors (Lipinski definition) is 0. The summed E-state index contributed by atoms with van der Waals surface area (Å²) in [7, 11) is -1.23. The second-order valence-corrected chi connectivity index (χ2v) is 15.8. The highest BCUT2D eigenvalue weighted by Gasteiger charge is 2.42. The minimum Gasteiger partial charge on any atom is -0.447 e. The van der Waals surface area contributed by atoms with Crippen molar-refractivity contribution < 1.29 is 23.8 Å². The zero-order valence-electron chi connectivity index (χ0n) is 20.8. The highest BCUT2D eigenvalue weighted by Crippen LogP contribution is 2.21. The van der Waals surface area contributed by atoms with Gasteiger partial charge in [0, 0.05) is 14.7 Å². The third-order valence-corrected chi connectivity index (χ3v) is 6.98. The first-order valence-electron chi connectivity index (χ1n) is 11.4. The van der Waals surface area contributed by atoms with E-state index in [0.717, 1.165) is 18.9 Å². The van der Waals surface area contributed by atoms with E-state index < -0.39 is 20.3 Å². The van der Waals surface area contributed by atoms with Crippen molar-refractivity contribution in [3.63, 3.8) is 0 Å². The summed E-state index contributed by atoms with van der Waals surface area (Å²) in [6.07, 6.45) is 4.74. The van der Waals surface area contributed by atoms with E-state index in [4.69, 9.17) is 14.2 Å². The number of rotatable bonds is 13. The van der Waals surface area contributed by atoms with Crippen LogP contribution in [0.3, 0.4) is 0 Å². The Kier molecular flexibility index (Phi) is 11.7. The summed E-state index contributed by atoms with van der Waals surface area (Å²) < 4.78 is 16.9. The van der Waals surface area contributed by atoms with Crippen LogP contribution in [-0.2, 0) is 19.0 Å². The SMILES string of the molecule is CC(C)=CCC/C(C)=C\CO[C@H](COCC[Si](C)(C)C)C(=O)N1C(=O)OC[C@@H]1C(C)C. The van der Waals surface area contributed by atoms with Gasteiger partial charge in [-0.3, -0.25) is 4.79 Å². The average molecular weight is 454 g/mol. The van der Waals surface area contributed by atoms with Gasteiger partial charge in [-0.05, 0) is 45.6 Å². The van der Waals surface area contributed by atoms with E-state index in [2.05, 4.69) is 46.5 Å². The van der Waals surface area contributed by atoms with E-state index in [1.165, 1.54) is 16.0 Å². The molecule has 1 heterocycles. The van der Waals surface area contributed by atoms with E-state index in [-0.39, 0.29) is 31.1 Å². The van der Waals surface area contributed by atoms with Crippen molar-refractivity contribution in [2.75, 3.05) is 26.4 Å². The normalized spacial score (nSPS) is 18.4. The van der Waals surface area contributed by atoms with E-state index in [1.54, 1.807) is 0 Å². The number of nitrogens with zero attached hydrogens (tertiary/aromatic N) is 1. The minimum atomic E-state index is -1.23. The van der Waals surface area contributed by atoms with Crippen LogP contribution in [0, 0.1) is 5.92 Å². The summed E-state index contributed by atoms with van der Waals surface area (Å²) in [5.41, 5.74) is 2.52. The van der Waals surface area contributed by atoms with E-state index in [1.807, 2.05) is 19.9 Å². The summed E-state index contributed by atoms with van der Waals surface area (Å²) in [6.45, 7) is 18.3. The number of carbonyl (C=O) groups excluding carboxylic acids is 2. The third kappa shape index (κ3) is 10.6. The molecular weight excluding hydrogens is 410 g/mol. The third-order valence-electron chi connectivity index (χ3n) is 5.27. The second kappa shape index (κ2) is 13.2. The smallest absolute Gasteiger partial charge is 0.417 e. The van der Waals surface area contributed by atoms with Gasteiger partial charge < -0.3 is 14.2 Å². The van der Waals surface area contributed by atoms with Gasteiger partial charge >= 0.3 is 6.09 Å². The first kappa shape index (κ1) is 27.6. The average Bonchev–Trinajstić information content (AvgIpc) is 3.03. The lowest BCUT2D eigenvalue weighted by Crippen LogP contribution is -2.49. The molecule has 6 nitrogen and oxygen atoms in total. The molecule has 0 N–H and O–H groups in total. The van der Waals surface area contributed by atoms with Crippen molar-refractivity contribution in [1.29, 1.82) is 0 Å². The Morgan fingerprint density at radius 3 is 2.48 bits per heavy atom. The molecule has 0 aromatic heterocycles. The maximum Gasteiger partial charge on any atom is 0.417 e. The van der Waals surface area contributed by atoms with E-state index >= 15 is 0 Å². The van der Waals surface area contributed by atoms with Crippen molar-refractivity contribution in [3.8, 4) is 0 Å². The molecule has 0 unspecified atom stereocenters. The van der Waals surface area contributed by atoms with Gasteiger partial charge in [0.15, 0.2) is 6.10 Å². The van der Waals surface area contributed by atoms with Crippen LogP contribution in [0.25, 0.3) is 0 Å². The van der Waals surface area contributed by atoms with Crippen LogP contribution in [-0.4, -0.2) is 63.5 Å². The molecule has 0 aromatic carbocycles. The van der Waals surface area contributed by atoms with Gasteiger partial charge in [0.05, 0.1) is 19.3 Å². The Hall–Kier alpha value is -1.44. The first-order valence-corrected chi connectivity index (χ1v) is 15.1. The van der Waals surface area contributed by atoms with Crippen LogP contribution >= 0.6 is 0 Å². The largest absolute Gasteiger partial charge is 0.447 e. The Bertz CT molecular complexity index is 647. The van der Waals surface area contributed by atoms with Gasteiger partial charge in [-0.2, -0.15) is 0 Å². The molecule has 0 aromatic rings. The summed E-state index contributed by atoms with van der Waals surface area (Å²) in [6, 6.07) is 0.743. The Morgan fingerprint density at radius 1 is 1.23 bits per heavy atom. The van der Waals surface area contributed by atoms with Gasteiger partial charge in [0.2, 0.25) is 0 Å². The van der Waals surface area contributed by atoms with E-state index in [0.29, 0.717) is 13.2 Å². The molecule has 1 rings (SSSR count). The first-order chi connectivity index (χ1) is 14.4. The molecule has 7 heteroatoms. The summed E-state index contributed by atoms with van der Waals surface area (Å²) in [5.74, 6) is -0.258. The summed E-state index contributed by atoms with van der Waals surface area (Å²) in [4.78, 5) is 26.6. The maximum atomic E-state index is 13.2. The number of ether oxygens (including phenoxy) is 3. The van der Waals surface area contributed by atoms with Crippen molar-refractivity contribution >= 4 is 20.1 Å². The monoisotopic (exact) mass is 453 g/mol. The molecule has 0 bridgehead atoms. The van der Waals surface area contributed by atoms with E-state index in [9.17, 15) is 9.59 Å². The standard InChI is InChI=1S/C24H43NO5Si/c1-18(2)10-9-11-20(5)12-13-29-22(17-28-14-15-31(6,7)8)23(26)25-21(19(3)4)16-30-24(25)27/h10,12,19,21-22H,9,11,13-17H2,1-8H3/b20-12-/t21-,22-/m1/s1. The molecule has 1 aliphatic heterocycles. The lowest BCUT2D eigenvalue weighted by molar-refractivity contribution is -0.145. The number of imide groups is 1. The molecular formula is C24H43NO5Si. The number of allylic oxidation sites excluding steroid dienone is 3. The second-order valence-electron chi connectivity index (χ2n) is 10.2. The summed E-state index contributed by atoms with van der Waals surface area (Å²) >= 11 is 0. The lowest BCUT2D eigenvalue weighted by Gasteiger charge is -2.27. The van der Waals surface area contributed by atoms with Crippen molar-refractivity contribution in [2.45, 2.75) is 85.3 Å². The minimum absolute atomic E-state index is 0.112. The molecule has 0 radical (unpaired) electrons. The highest BCUT2D eigenvalue weighted by molar-refractivity contribution is 6.76. The quantitative estimate of drug-likeness (QED) is 0.212. The van der Waals surface area contributed by atoms with Crippen LogP contribution in [0.1, 0.15) is 47.5 Å². The molecule has 0 aliphatic carbocycles. The highest BCUT2D eigenvalue weighted by atomic mass is 28.3. The topological polar surface area (TPSA) is 65.1 Å². The Labute approximate surface area is 190 Å². The summed E-state index contributed by atoms with van der Waals surface area (Å²) in [5, 5.41) is 0. The van der Waals surface area contributed by atoms with Crippen LogP contribution in [0.4, 0.5) is 4.79 Å². The molecule has 31 heavy (non-hydrogen) atoms. The molecule has 0 spiro atoms. The van der Waals surface area contributed by atoms with Crippen LogP contribution < -0.4 is 0 Å². The molecule has 2 atom stereocenters. The van der Waals surface area contributed by atoms with Gasteiger partial charge in [0.1, 0.15) is 6.61 Å². The lowest BCUT2D eigenvalue weighted by atomic mass is 10.0. The molecule has 0 saturated carbocycles. The molecule has 1 fully saturated rings. The fourth-order valence-corrected chi connectivity index (χ4v) is 3.85. The van der Waals surface area contributed by atoms with Crippen molar-refractivity contribution in [2.24, 2.45) is 5.92 Å². The Balaban J connectivity index is 2.77. The van der Waals surface area contributed by atoms with Crippen molar-refractivity contribution in [1.82, 2.24) is 4.90 Å². The molecule has 178 valence electrons. The predicted octanol–water partition coefficient (Wildman–Crippen LogP) is 5.42. The number of hydrogen-bond acceptors (Lipinski definition) is 5. The Morgan fingerprint density at radius 2 is 1.90 bits per heavy atom. The van der Waals surface area contributed by atoms with Gasteiger partial charge in [0.25, 0.3) is 5.91 Å². The molecule has 1 aliphatic rings. The predicted molar refractivity (Wildman–Crippen MR) is 128 cm³/mol. The number of cyclic esters (lactones) is 1. The fourth-order valence-electron chi connectivity index (χ4n) is 3.09. The van der Waals surface area contributed by atoms with Crippen LogP contribution in [0.2, 0.25) is 25.7 Å². The molecule has 2 amide bonds. The maximum absolute atomic E-state index is 13.2. The zero-order chi connectivity index (χ0) is 23.6. The number of carbonyl (C=O) groups is 2. The van der Waals surface area contributed by atoms with Crippen LogP contribution in [0.5, 0.6) is 0 Å². The van der Waals surface area contributed by atoms with Crippen LogP contribution in [0.15, 0.2) is 23.3 Å². The van der Waals surface area contributed by atoms with Gasteiger partial charge in [-0.25, -0.2) is 9.69 Å². The fraction of sp³-hybridized carbons (Fsp3) is 0.750. The zero-order valence-corrected chi connectivity index (χ0v) is 21.8. The number of amides is 2. The molecule has 1 saturated heterocycles.